The third-order valence-corrected chi connectivity index (χ3v) is 2.91. The highest BCUT2D eigenvalue weighted by Gasteiger charge is 2.09. The summed E-state index contributed by atoms with van der Waals surface area (Å²) in [5.41, 5.74) is 6.24. The Labute approximate surface area is 109 Å². The van der Waals surface area contributed by atoms with Crippen LogP contribution in [0.2, 0.25) is 0 Å². The summed E-state index contributed by atoms with van der Waals surface area (Å²) in [4.78, 5) is 10.6. The maximum absolute atomic E-state index is 10.6. The van der Waals surface area contributed by atoms with Gasteiger partial charge in [-0.15, -0.1) is 0 Å². The van der Waals surface area contributed by atoms with E-state index in [4.69, 9.17) is 10.5 Å². The largest absolute Gasteiger partial charge is 0.496 e. The van der Waals surface area contributed by atoms with E-state index < -0.39 is 0 Å². The van der Waals surface area contributed by atoms with Gasteiger partial charge in [0, 0.05) is 18.0 Å². The Balaban J connectivity index is 2.36. The molecule has 4 nitrogen and oxygen atoms in total. The number of benzene rings is 1. The van der Waals surface area contributed by atoms with Gasteiger partial charge in [-0.2, -0.15) is 0 Å². The highest BCUT2D eigenvalue weighted by Crippen LogP contribution is 2.24. The van der Waals surface area contributed by atoms with Gasteiger partial charge in [-0.05, 0) is 32.4 Å². The van der Waals surface area contributed by atoms with E-state index in [1.807, 2.05) is 18.2 Å². The molecule has 3 N–H and O–H groups in total. The molecule has 0 aliphatic carbocycles. The van der Waals surface area contributed by atoms with Crippen LogP contribution in [-0.4, -0.2) is 19.6 Å². The number of carbonyl (C=O) groups excluding carboxylic acids is 1. The van der Waals surface area contributed by atoms with Crippen molar-refractivity contribution in [3.05, 3.63) is 29.8 Å². The maximum atomic E-state index is 10.6. The van der Waals surface area contributed by atoms with Crippen LogP contribution in [0.4, 0.5) is 0 Å². The number of ether oxygens (including phenoxy) is 1. The summed E-state index contributed by atoms with van der Waals surface area (Å²) >= 11 is 0. The summed E-state index contributed by atoms with van der Waals surface area (Å²) in [7, 11) is 1.68. The minimum atomic E-state index is -0.229. The highest BCUT2D eigenvalue weighted by atomic mass is 16.5. The first-order chi connectivity index (χ1) is 8.65. The number of amides is 1. The van der Waals surface area contributed by atoms with Crippen molar-refractivity contribution < 1.29 is 9.53 Å². The number of hydrogen-bond donors (Lipinski definition) is 2. The zero-order chi connectivity index (χ0) is 13.4. The molecule has 18 heavy (non-hydrogen) atoms. The molecule has 0 radical (unpaired) electrons. The average Bonchev–Trinajstić information content (AvgIpc) is 2.37. The van der Waals surface area contributed by atoms with Crippen molar-refractivity contribution in [1.29, 1.82) is 0 Å². The molecule has 0 saturated heterocycles. The van der Waals surface area contributed by atoms with E-state index in [1.54, 1.807) is 7.11 Å². The van der Waals surface area contributed by atoms with Gasteiger partial charge in [0.1, 0.15) is 5.75 Å². The van der Waals surface area contributed by atoms with Gasteiger partial charge in [0.15, 0.2) is 0 Å². The zero-order valence-corrected chi connectivity index (χ0v) is 11.1. The lowest BCUT2D eigenvalue weighted by atomic mass is 10.1. The van der Waals surface area contributed by atoms with Crippen LogP contribution >= 0.6 is 0 Å². The molecule has 0 spiro atoms. The summed E-state index contributed by atoms with van der Waals surface area (Å²) in [6.45, 7) is 2.97. The van der Waals surface area contributed by atoms with Crippen molar-refractivity contribution in [2.75, 3.05) is 13.7 Å². The third-order valence-electron chi connectivity index (χ3n) is 2.91. The Bertz CT molecular complexity index is 380. The lowest BCUT2D eigenvalue weighted by molar-refractivity contribution is -0.118. The predicted molar refractivity (Wildman–Crippen MR) is 72.5 cm³/mol. The first kappa shape index (κ1) is 14.5. The molecule has 4 heteroatoms. The molecule has 1 aromatic carbocycles. The van der Waals surface area contributed by atoms with E-state index in [9.17, 15) is 4.79 Å². The number of para-hydroxylation sites is 1. The molecule has 0 unspecified atom stereocenters. The number of hydrogen-bond acceptors (Lipinski definition) is 3. The Hall–Kier alpha value is -1.55. The molecule has 0 aliphatic rings. The average molecular weight is 250 g/mol. The van der Waals surface area contributed by atoms with Gasteiger partial charge in [0.05, 0.1) is 7.11 Å². The molecule has 0 aliphatic heterocycles. The van der Waals surface area contributed by atoms with Crippen LogP contribution in [-0.2, 0) is 4.79 Å². The fourth-order valence-electron chi connectivity index (χ4n) is 1.88. The number of unbranched alkanes of at least 4 members (excludes halogenated alkanes) is 1. The van der Waals surface area contributed by atoms with Crippen LogP contribution in [0.5, 0.6) is 5.75 Å². The molecule has 0 saturated carbocycles. The van der Waals surface area contributed by atoms with Gasteiger partial charge in [-0.3, -0.25) is 4.79 Å². The maximum Gasteiger partial charge on any atom is 0.217 e. The molecule has 1 amide bonds. The van der Waals surface area contributed by atoms with Gasteiger partial charge in [-0.25, -0.2) is 0 Å². The van der Waals surface area contributed by atoms with Crippen molar-refractivity contribution in [3.8, 4) is 5.75 Å². The molecule has 1 atom stereocenters. The number of methoxy groups -OCH3 is 1. The number of rotatable bonds is 8. The molecule has 100 valence electrons. The van der Waals surface area contributed by atoms with Gasteiger partial charge in [-0.1, -0.05) is 18.2 Å². The summed E-state index contributed by atoms with van der Waals surface area (Å²) in [5, 5.41) is 3.42. The van der Waals surface area contributed by atoms with E-state index in [-0.39, 0.29) is 11.9 Å². The molecule has 0 fully saturated rings. The van der Waals surface area contributed by atoms with Gasteiger partial charge >= 0.3 is 0 Å². The van der Waals surface area contributed by atoms with E-state index >= 15 is 0 Å². The second kappa shape index (κ2) is 7.71. The van der Waals surface area contributed by atoms with E-state index in [0.717, 1.165) is 30.7 Å². The van der Waals surface area contributed by atoms with E-state index in [1.165, 1.54) is 0 Å². The Kier molecular flexibility index (Phi) is 6.22. The van der Waals surface area contributed by atoms with Crippen molar-refractivity contribution >= 4 is 5.91 Å². The van der Waals surface area contributed by atoms with Crippen LogP contribution in [0.25, 0.3) is 0 Å². The summed E-state index contributed by atoms with van der Waals surface area (Å²) in [6, 6.07) is 8.21. The lowest BCUT2D eigenvalue weighted by Crippen LogP contribution is -2.21. The highest BCUT2D eigenvalue weighted by molar-refractivity contribution is 5.73. The Morgan fingerprint density at radius 1 is 1.39 bits per heavy atom. The smallest absolute Gasteiger partial charge is 0.217 e. The number of carbonyl (C=O) groups is 1. The van der Waals surface area contributed by atoms with Crippen molar-refractivity contribution in [2.45, 2.75) is 32.2 Å². The van der Waals surface area contributed by atoms with Crippen molar-refractivity contribution in [3.63, 3.8) is 0 Å². The summed E-state index contributed by atoms with van der Waals surface area (Å²) in [6.07, 6.45) is 2.24. The molecule has 0 heterocycles. The molecule has 1 rings (SSSR count). The zero-order valence-electron chi connectivity index (χ0n) is 11.1. The van der Waals surface area contributed by atoms with Crippen LogP contribution < -0.4 is 15.8 Å². The minimum Gasteiger partial charge on any atom is -0.496 e. The Morgan fingerprint density at radius 3 is 2.78 bits per heavy atom. The fraction of sp³-hybridized carbons (Fsp3) is 0.500. The third kappa shape index (κ3) is 4.75. The molecular weight excluding hydrogens is 228 g/mol. The van der Waals surface area contributed by atoms with Crippen molar-refractivity contribution in [1.82, 2.24) is 5.32 Å². The van der Waals surface area contributed by atoms with Gasteiger partial charge in [0.2, 0.25) is 5.91 Å². The molecular formula is C14H22N2O2. The first-order valence-corrected chi connectivity index (χ1v) is 6.29. The lowest BCUT2D eigenvalue weighted by Gasteiger charge is -2.17. The summed E-state index contributed by atoms with van der Waals surface area (Å²) in [5.74, 6) is 0.669. The first-order valence-electron chi connectivity index (χ1n) is 6.29. The molecule has 0 aromatic heterocycles. The number of nitrogens with one attached hydrogen (secondary N) is 1. The Morgan fingerprint density at radius 2 is 2.11 bits per heavy atom. The second-order valence-electron chi connectivity index (χ2n) is 4.34. The van der Waals surface area contributed by atoms with E-state index in [0.29, 0.717) is 6.42 Å². The number of primary amides is 1. The fourth-order valence-corrected chi connectivity index (χ4v) is 1.88. The van der Waals surface area contributed by atoms with Crippen LogP contribution in [0, 0.1) is 0 Å². The second-order valence-corrected chi connectivity index (χ2v) is 4.34. The predicted octanol–water partition coefficient (Wildman–Crippen LogP) is 2.00. The van der Waals surface area contributed by atoms with E-state index in [2.05, 4.69) is 18.3 Å². The minimum absolute atomic E-state index is 0.229. The topological polar surface area (TPSA) is 64.3 Å². The van der Waals surface area contributed by atoms with Crippen LogP contribution in [0.3, 0.4) is 0 Å². The normalized spacial score (nSPS) is 12.1. The van der Waals surface area contributed by atoms with Crippen LogP contribution in [0.15, 0.2) is 24.3 Å². The van der Waals surface area contributed by atoms with Crippen LogP contribution in [0.1, 0.15) is 37.8 Å². The number of nitrogens with two attached hydrogens (primary N) is 1. The quantitative estimate of drug-likeness (QED) is 0.694. The monoisotopic (exact) mass is 250 g/mol. The summed E-state index contributed by atoms with van der Waals surface area (Å²) < 4.78 is 5.32. The molecule has 1 aromatic rings. The standard InChI is InChI=1S/C14H22N2O2/c1-11(16-10-6-5-9-14(15)17)12-7-3-4-8-13(12)18-2/h3-4,7-8,11,16H,5-6,9-10H2,1-2H3,(H2,15,17)/t11-/m1/s1. The molecule has 0 bridgehead atoms. The SMILES string of the molecule is COc1ccccc1[C@@H](C)NCCCCC(N)=O. The van der Waals surface area contributed by atoms with Gasteiger partial charge in [0.25, 0.3) is 0 Å². The van der Waals surface area contributed by atoms with Gasteiger partial charge < -0.3 is 15.8 Å². The van der Waals surface area contributed by atoms with Crippen molar-refractivity contribution in [2.24, 2.45) is 5.73 Å².